The lowest BCUT2D eigenvalue weighted by Crippen LogP contribution is -2.11. The maximum absolute atomic E-state index is 11.5. The number of carbonyl (C=O) groups excluding carboxylic acids is 1. The summed E-state index contributed by atoms with van der Waals surface area (Å²) in [6, 6.07) is 4.59. The number of rotatable bonds is 2. The molecule has 1 heterocycles. The van der Waals surface area contributed by atoms with Crippen molar-refractivity contribution in [3.8, 4) is 0 Å². The summed E-state index contributed by atoms with van der Waals surface area (Å²) in [7, 11) is 1.28. The van der Waals surface area contributed by atoms with E-state index >= 15 is 0 Å². The Morgan fingerprint density at radius 3 is 3.00 bits per heavy atom. The van der Waals surface area contributed by atoms with Crippen molar-refractivity contribution in [1.82, 2.24) is 4.98 Å². The zero-order chi connectivity index (χ0) is 12.4. The molecule has 5 heteroatoms. The SMILES string of the molecule is [C-]#[N+]C(C(=O)OC)c1cccc2sc(C)nc12. The van der Waals surface area contributed by atoms with Crippen LogP contribution in [0.15, 0.2) is 18.2 Å². The van der Waals surface area contributed by atoms with E-state index in [4.69, 9.17) is 6.57 Å². The molecule has 4 nitrogen and oxygen atoms in total. The molecule has 0 saturated heterocycles. The van der Waals surface area contributed by atoms with Gasteiger partial charge < -0.3 is 4.74 Å². The van der Waals surface area contributed by atoms with Gasteiger partial charge in [-0.25, -0.2) is 16.4 Å². The number of para-hydroxylation sites is 1. The van der Waals surface area contributed by atoms with Crippen LogP contribution in [0.4, 0.5) is 0 Å². The van der Waals surface area contributed by atoms with E-state index in [0.717, 1.165) is 15.2 Å². The summed E-state index contributed by atoms with van der Waals surface area (Å²) in [5.41, 5.74) is 1.34. The fourth-order valence-electron chi connectivity index (χ4n) is 1.66. The van der Waals surface area contributed by atoms with Crippen molar-refractivity contribution in [2.75, 3.05) is 7.11 Å². The smallest absolute Gasteiger partial charge is 0.395 e. The van der Waals surface area contributed by atoms with Crippen LogP contribution < -0.4 is 0 Å². The number of methoxy groups -OCH3 is 1. The number of benzene rings is 1. The number of carbonyl (C=O) groups is 1. The number of thiazole rings is 1. The molecular formula is C12H10N2O2S. The lowest BCUT2D eigenvalue weighted by molar-refractivity contribution is -0.141. The van der Waals surface area contributed by atoms with Crippen molar-refractivity contribution >= 4 is 27.5 Å². The van der Waals surface area contributed by atoms with E-state index in [-0.39, 0.29) is 0 Å². The number of aryl methyl sites for hydroxylation is 1. The van der Waals surface area contributed by atoms with E-state index in [1.807, 2.05) is 19.1 Å². The van der Waals surface area contributed by atoms with Crippen LogP contribution in [0.2, 0.25) is 0 Å². The summed E-state index contributed by atoms with van der Waals surface area (Å²) in [6.07, 6.45) is 0. The molecule has 2 aromatic rings. The molecule has 0 bridgehead atoms. The summed E-state index contributed by atoms with van der Waals surface area (Å²) in [4.78, 5) is 19.2. The molecule has 0 amide bonds. The van der Waals surface area contributed by atoms with Gasteiger partial charge in [-0.3, -0.25) is 4.85 Å². The fourth-order valence-corrected chi connectivity index (χ4v) is 2.52. The van der Waals surface area contributed by atoms with Crippen LogP contribution in [-0.2, 0) is 9.53 Å². The Hall–Kier alpha value is -1.93. The van der Waals surface area contributed by atoms with Crippen LogP contribution in [0.25, 0.3) is 15.1 Å². The molecule has 0 aliphatic carbocycles. The van der Waals surface area contributed by atoms with Gasteiger partial charge in [0.1, 0.15) is 0 Å². The van der Waals surface area contributed by atoms with Crippen molar-refractivity contribution in [2.45, 2.75) is 13.0 Å². The van der Waals surface area contributed by atoms with Gasteiger partial charge in [-0.15, -0.1) is 11.3 Å². The molecule has 0 aliphatic heterocycles. The minimum Gasteiger partial charge on any atom is -0.463 e. The Bertz CT molecular complexity index is 612. The maximum atomic E-state index is 11.5. The molecule has 2 rings (SSSR count). The van der Waals surface area contributed by atoms with E-state index < -0.39 is 12.0 Å². The molecule has 1 unspecified atom stereocenters. The molecule has 0 radical (unpaired) electrons. The van der Waals surface area contributed by atoms with E-state index in [0.29, 0.717) is 5.56 Å². The van der Waals surface area contributed by atoms with Gasteiger partial charge in [0.2, 0.25) is 0 Å². The highest BCUT2D eigenvalue weighted by Gasteiger charge is 2.29. The zero-order valence-electron chi connectivity index (χ0n) is 9.43. The third kappa shape index (κ3) is 1.99. The highest BCUT2D eigenvalue weighted by Crippen LogP contribution is 2.30. The van der Waals surface area contributed by atoms with Gasteiger partial charge >= 0.3 is 12.0 Å². The van der Waals surface area contributed by atoms with Gasteiger partial charge in [-0.05, 0) is 19.1 Å². The van der Waals surface area contributed by atoms with E-state index in [2.05, 4.69) is 14.6 Å². The number of hydrogen-bond acceptors (Lipinski definition) is 4. The van der Waals surface area contributed by atoms with Gasteiger partial charge in [0, 0.05) is 0 Å². The molecule has 17 heavy (non-hydrogen) atoms. The Balaban J connectivity index is 2.61. The number of aromatic nitrogens is 1. The Morgan fingerprint density at radius 1 is 1.59 bits per heavy atom. The zero-order valence-corrected chi connectivity index (χ0v) is 10.2. The topological polar surface area (TPSA) is 43.5 Å². The Labute approximate surface area is 103 Å². The third-order valence-corrected chi connectivity index (χ3v) is 3.34. The van der Waals surface area contributed by atoms with Crippen LogP contribution in [0.5, 0.6) is 0 Å². The predicted octanol–water partition coefficient (Wildman–Crippen LogP) is 2.74. The molecule has 86 valence electrons. The summed E-state index contributed by atoms with van der Waals surface area (Å²) < 4.78 is 5.62. The van der Waals surface area contributed by atoms with E-state index in [1.165, 1.54) is 7.11 Å². The number of hydrogen-bond donors (Lipinski definition) is 0. The number of fused-ring (bicyclic) bond motifs is 1. The molecule has 0 aliphatic rings. The van der Waals surface area contributed by atoms with Gasteiger partial charge in [0.05, 0.1) is 27.9 Å². The maximum Gasteiger partial charge on any atom is 0.395 e. The first-order valence-electron chi connectivity index (χ1n) is 4.98. The summed E-state index contributed by atoms with van der Waals surface area (Å²) in [6.45, 7) is 9.02. The number of nitrogens with zero attached hydrogens (tertiary/aromatic N) is 2. The molecule has 0 spiro atoms. The second-order valence-corrected chi connectivity index (χ2v) is 4.72. The number of esters is 1. The van der Waals surface area contributed by atoms with Crippen molar-refractivity contribution in [3.05, 3.63) is 40.2 Å². The average Bonchev–Trinajstić information content (AvgIpc) is 2.70. The van der Waals surface area contributed by atoms with Gasteiger partial charge in [-0.1, -0.05) is 6.07 Å². The second kappa shape index (κ2) is 4.52. The summed E-state index contributed by atoms with van der Waals surface area (Å²) in [5, 5.41) is 0.918. The summed E-state index contributed by atoms with van der Waals surface area (Å²) >= 11 is 1.55. The van der Waals surface area contributed by atoms with E-state index in [9.17, 15) is 4.79 Å². The first-order valence-corrected chi connectivity index (χ1v) is 5.79. The summed E-state index contributed by atoms with van der Waals surface area (Å²) in [5.74, 6) is -0.543. The van der Waals surface area contributed by atoms with E-state index in [1.54, 1.807) is 17.4 Å². The van der Waals surface area contributed by atoms with Crippen LogP contribution >= 0.6 is 11.3 Å². The van der Waals surface area contributed by atoms with Crippen molar-refractivity contribution in [1.29, 1.82) is 0 Å². The molecule has 1 aromatic carbocycles. The predicted molar refractivity (Wildman–Crippen MR) is 65.7 cm³/mol. The first kappa shape index (κ1) is 11.6. The largest absolute Gasteiger partial charge is 0.463 e. The molecular weight excluding hydrogens is 236 g/mol. The number of ether oxygens (including phenoxy) is 1. The van der Waals surface area contributed by atoms with Crippen LogP contribution in [0.1, 0.15) is 16.6 Å². The van der Waals surface area contributed by atoms with Gasteiger partial charge in [0.15, 0.2) is 0 Å². The molecule has 0 N–H and O–H groups in total. The van der Waals surface area contributed by atoms with Crippen LogP contribution in [0, 0.1) is 13.5 Å². The highest BCUT2D eigenvalue weighted by molar-refractivity contribution is 7.18. The van der Waals surface area contributed by atoms with Crippen LogP contribution in [0.3, 0.4) is 0 Å². The quantitative estimate of drug-likeness (QED) is 0.604. The first-order chi connectivity index (χ1) is 8.17. The normalized spacial score (nSPS) is 12.1. The van der Waals surface area contributed by atoms with Crippen molar-refractivity contribution in [3.63, 3.8) is 0 Å². The highest BCUT2D eigenvalue weighted by atomic mass is 32.1. The Kier molecular flexibility index (Phi) is 3.07. The lowest BCUT2D eigenvalue weighted by atomic mass is 10.1. The lowest BCUT2D eigenvalue weighted by Gasteiger charge is -2.03. The van der Waals surface area contributed by atoms with Crippen molar-refractivity contribution in [2.24, 2.45) is 0 Å². The van der Waals surface area contributed by atoms with Gasteiger partial charge in [-0.2, -0.15) is 0 Å². The molecule has 0 fully saturated rings. The average molecular weight is 246 g/mol. The minimum atomic E-state index is -0.926. The minimum absolute atomic E-state index is 0.543. The molecule has 1 aromatic heterocycles. The molecule has 0 saturated carbocycles. The molecule has 1 atom stereocenters. The monoisotopic (exact) mass is 246 g/mol. The van der Waals surface area contributed by atoms with Gasteiger partial charge in [0.25, 0.3) is 0 Å². The standard InChI is InChI=1S/C12H10N2O2S/c1-7-14-10-8(5-4-6-9(10)17-7)11(13-2)12(15)16-3/h4-6,11H,1,3H3. The third-order valence-electron chi connectivity index (χ3n) is 2.41. The second-order valence-electron chi connectivity index (χ2n) is 3.48. The fraction of sp³-hybridized carbons (Fsp3) is 0.250. The van der Waals surface area contributed by atoms with Crippen molar-refractivity contribution < 1.29 is 9.53 Å². The van der Waals surface area contributed by atoms with Crippen LogP contribution in [-0.4, -0.2) is 18.1 Å². The Morgan fingerprint density at radius 2 is 2.35 bits per heavy atom.